The lowest BCUT2D eigenvalue weighted by molar-refractivity contribution is -0.120. The first-order chi connectivity index (χ1) is 18.1. The molecule has 11 heteroatoms. The highest BCUT2D eigenvalue weighted by Crippen LogP contribution is 2.34. The van der Waals surface area contributed by atoms with Gasteiger partial charge in [0.25, 0.3) is 0 Å². The number of nitrogens with zero attached hydrogens (tertiary/aromatic N) is 1. The second-order valence-electron chi connectivity index (χ2n) is 11.3. The van der Waals surface area contributed by atoms with E-state index in [-0.39, 0.29) is 49.3 Å². The molecule has 2 aromatic carbocycles. The number of aliphatic hydroxyl groups is 1. The highest BCUT2D eigenvalue weighted by molar-refractivity contribution is 7.83. The smallest absolute Gasteiger partial charge is 0.335 e. The van der Waals surface area contributed by atoms with Crippen molar-refractivity contribution >= 4 is 16.2 Å². The van der Waals surface area contributed by atoms with Gasteiger partial charge in [-0.1, -0.05) is 45.0 Å². The lowest BCUT2D eigenvalue weighted by Gasteiger charge is -2.36. The van der Waals surface area contributed by atoms with Crippen LogP contribution in [0.25, 0.3) is 0 Å². The SMILES string of the molecule is CC(=O)NC(Cc1cc(F)cc(F)c1)C(O)CNC(c1cccc(C(C)(C)C)c1)C1CCN(S(=O)(=O)O)CC1. The minimum Gasteiger partial charge on any atom is -0.390 e. The quantitative estimate of drug-likeness (QED) is 0.326. The molecule has 3 rings (SSSR count). The van der Waals surface area contributed by atoms with E-state index in [9.17, 15) is 31.7 Å². The fourth-order valence-corrected chi connectivity index (χ4v) is 5.78. The summed E-state index contributed by atoms with van der Waals surface area (Å²) in [6.45, 7) is 8.03. The van der Waals surface area contributed by atoms with Crippen molar-refractivity contribution in [2.45, 2.75) is 70.6 Å². The zero-order chi connectivity index (χ0) is 29.0. The van der Waals surface area contributed by atoms with E-state index in [1.165, 1.54) is 19.1 Å². The van der Waals surface area contributed by atoms with Crippen LogP contribution >= 0.6 is 0 Å². The van der Waals surface area contributed by atoms with Gasteiger partial charge >= 0.3 is 10.3 Å². The molecule has 0 spiro atoms. The van der Waals surface area contributed by atoms with Crippen LogP contribution in [0.5, 0.6) is 0 Å². The van der Waals surface area contributed by atoms with Gasteiger partial charge in [0.15, 0.2) is 0 Å². The van der Waals surface area contributed by atoms with Crippen LogP contribution in [0.1, 0.15) is 63.3 Å². The van der Waals surface area contributed by atoms with Crippen molar-refractivity contribution < 1.29 is 31.7 Å². The average Bonchev–Trinajstić information content (AvgIpc) is 2.82. The van der Waals surface area contributed by atoms with E-state index in [0.29, 0.717) is 18.4 Å². The first-order valence-electron chi connectivity index (χ1n) is 13.1. The average molecular weight is 568 g/mol. The Hall–Kier alpha value is -2.44. The van der Waals surface area contributed by atoms with Gasteiger partial charge in [-0.15, -0.1) is 0 Å². The molecule has 8 nitrogen and oxygen atoms in total. The molecule has 0 bridgehead atoms. The molecule has 0 aromatic heterocycles. The van der Waals surface area contributed by atoms with Gasteiger partial charge in [-0.2, -0.15) is 12.7 Å². The topological polar surface area (TPSA) is 119 Å². The Morgan fingerprint density at radius 1 is 1.10 bits per heavy atom. The summed E-state index contributed by atoms with van der Waals surface area (Å²) in [5.74, 6) is -1.87. The predicted molar refractivity (Wildman–Crippen MR) is 145 cm³/mol. The lowest BCUT2D eigenvalue weighted by atomic mass is 9.81. The second-order valence-corrected chi connectivity index (χ2v) is 12.7. The van der Waals surface area contributed by atoms with Crippen molar-refractivity contribution in [3.05, 3.63) is 70.8 Å². The van der Waals surface area contributed by atoms with E-state index in [1.807, 2.05) is 18.2 Å². The Bertz CT molecular complexity index is 1220. The number of piperidine rings is 1. The first-order valence-corrected chi connectivity index (χ1v) is 14.5. The van der Waals surface area contributed by atoms with Gasteiger partial charge in [-0.25, -0.2) is 8.78 Å². The largest absolute Gasteiger partial charge is 0.390 e. The summed E-state index contributed by atoms with van der Waals surface area (Å²) >= 11 is 0. The molecule has 1 amide bonds. The number of benzene rings is 2. The summed E-state index contributed by atoms with van der Waals surface area (Å²) in [7, 11) is -4.27. The van der Waals surface area contributed by atoms with E-state index in [4.69, 9.17) is 0 Å². The maximum absolute atomic E-state index is 13.7. The Morgan fingerprint density at radius 3 is 2.26 bits per heavy atom. The van der Waals surface area contributed by atoms with Crippen molar-refractivity contribution in [1.29, 1.82) is 0 Å². The normalized spacial score (nSPS) is 17.9. The third kappa shape index (κ3) is 9.04. The number of hydrogen-bond acceptors (Lipinski definition) is 5. The Morgan fingerprint density at radius 2 is 1.72 bits per heavy atom. The molecule has 1 saturated heterocycles. The summed E-state index contributed by atoms with van der Waals surface area (Å²) in [4.78, 5) is 11.9. The van der Waals surface area contributed by atoms with Crippen molar-refractivity contribution in [3.63, 3.8) is 0 Å². The first kappa shape index (κ1) is 31.1. The van der Waals surface area contributed by atoms with Gasteiger partial charge in [0.1, 0.15) is 11.6 Å². The third-order valence-electron chi connectivity index (χ3n) is 7.19. The van der Waals surface area contributed by atoms with Crippen LogP contribution in [-0.4, -0.2) is 60.1 Å². The van der Waals surface area contributed by atoms with Gasteiger partial charge in [-0.05, 0) is 59.4 Å². The standard InChI is InChI=1S/C28H39F2N3O5S/c1-18(34)32-25(14-19-12-23(29)16-24(30)13-19)26(35)17-31-27(20-8-10-33(11-9-20)39(36,37)38)21-6-5-7-22(15-21)28(2,3)4/h5-7,12-13,15-16,20,25-27,31,35H,8-11,14,17H2,1-4H3,(H,32,34)(H,36,37,38). The summed E-state index contributed by atoms with van der Waals surface area (Å²) in [6.07, 6.45) is -0.0873. The maximum Gasteiger partial charge on any atom is 0.335 e. The number of amides is 1. The molecular formula is C28H39F2N3O5S. The Labute approximate surface area is 229 Å². The number of rotatable bonds is 10. The van der Waals surface area contributed by atoms with Crippen molar-refractivity contribution in [2.24, 2.45) is 5.92 Å². The molecule has 1 aliphatic rings. The van der Waals surface area contributed by atoms with Gasteiger partial charge in [0.05, 0.1) is 12.1 Å². The number of carbonyl (C=O) groups is 1. The Balaban J connectivity index is 1.82. The van der Waals surface area contributed by atoms with Crippen LogP contribution in [0.4, 0.5) is 8.78 Å². The van der Waals surface area contributed by atoms with Crippen LogP contribution in [0, 0.1) is 17.6 Å². The molecule has 0 saturated carbocycles. The molecule has 39 heavy (non-hydrogen) atoms. The monoisotopic (exact) mass is 567 g/mol. The van der Waals surface area contributed by atoms with Crippen molar-refractivity contribution in [3.8, 4) is 0 Å². The molecule has 1 fully saturated rings. The van der Waals surface area contributed by atoms with Crippen LogP contribution in [0.3, 0.4) is 0 Å². The van der Waals surface area contributed by atoms with Gasteiger partial charge in [-0.3, -0.25) is 9.35 Å². The van der Waals surface area contributed by atoms with Crippen molar-refractivity contribution in [1.82, 2.24) is 14.9 Å². The number of halogens is 2. The molecule has 3 unspecified atom stereocenters. The third-order valence-corrected chi connectivity index (χ3v) is 8.20. The molecule has 1 heterocycles. The molecule has 1 aliphatic heterocycles. The number of nitrogens with one attached hydrogen (secondary N) is 2. The van der Waals surface area contributed by atoms with Gasteiger partial charge in [0.2, 0.25) is 5.91 Å². The minimum absolute atomic E-state index is 0.00181. The number of hydrogen-bond donors (Lipinski definition) is 4. The van der Waals surface area contributed by atoms with E-state index in [1.54, 1.807) is 0 Å². The highest BCUT2D eigenvalue weighted by atomic mass is 32.2. The Kier molecular flexibility index (Phi) is 10.2. The highest BCUT2D eigenvalue weighted by Gasteiger charge is 2.33. The summed E-state index contributed by atoms with van der Waals surface area (Å²) in [6, 6.07) is 10.1. The van der Waals surface area contributed by atoms with Crippen molar-refractivity contribution in [2.75, 3.05) is 19.6 Å². The minimum atomic E-state index is -4.27. The van der Waals surface area contributed by atoms with E-state index >= 15 is 0 Å². The fourth-order valence-electron chi connectivity index (χ4n) is 5.11. The van der Waals surface area contributed by atoms with Crippen LogP contribution < -0.4 is 10.6 Å². The predicted octanol–water partition coefficient (Wildman–Crippen LogP) is 3.52. The summed E-state index contributed by atoms with van der Waals surface area (Å²) in [5, 5.41) is 17.2. The van der Waals surface area contributed by atoms with Crippen LogP contribution in [0.15, 0.2) is 42.5 Å². The lowest BCUT2D eigenvalue weighted by Crippen LogP contribution is -2.49. The van der Waals surface area contributed by atoms with E-state index < -0.39 is 34.1 Å². The fraction of sp³-hybridized carbons (Fsp3) is 0.536. The second kappa shape index (κ2) is 12.8. The zero-order valence-corrected chi connectivity index (χ0v) is 23.6. The molecule has 2 aromatic rings. The maximum atomic E-state index is 13.7. The van der Waals surface area contributed by atoms with Crippen LogP contribution in [-0.2, 0) is 26.9 Å². The van der Waals surface area contributed by atoms with Crippen LogP contribution in [0.2, 0.25) is 0 Å². The molecular weight excluding hydrogens is 528 g/mol. The molecule has 0 aliphatic carbocycles. The summed E-state index contributed by atoms with van der Waals surface area (Å²) in [5.41, 5.74) is 2.29. The van der Waals surface area contributed by atoms with E-state index in [2.05, 4.69) is 37.5 Å². The van der Waals surface area contributed by atoms with Gasteiger partial charge < -0.3 is 15.7 Å². The number of carbonyl (C=O) groups excluding carboxylic acids is 1. The molecule has 0 radical (unpaired) electrons. The summed E-state index contributed by atoms with van der Waals surface area (Å²) < 4.78 is 61.2. The zero-order valence-electron chi connectivity index (χ0n) is 22.8. The molecule has 3 atom stereocenters. The van der Waals surface area contributed by atoms with E-state index in [0.717, 1.165) is 21.5 Å². The molecule has 4 N–H and O–H groups in total. The number of aliphatic hydroxyl groups excluding tert-OH is 1. The molecule has 216 valence electrons. The van der Waals surface area contributed by atoms with Gasteiger partial charge in [0, 0.05) is 38.7 Å².